The van der Waals surface area contributed by atoms with Crippen molar-refractivity contribution in [2.24, 2.45) is 11.7 Å². The molecule has 1 saturated heterocycles. The lowest BCUT2D eigenvalue weighted by Crippen LogP contribution is -2.59. The molecular formula is C18H26BrFN2O3. The van der Waals surface area contributed by atoms with Crippen LogP contribution >= 0.6 is 15.9 Å². The highest BCUT2D eigenvalue weighted by Crippen LogP contribution is 2.35. The Morgan fingerprint density at radius 1 is 1.52 bits per heavy atom. The molecule has 0 saturated carbocycles. The second-order valence-corrected chi connectivity index (χ2v) is 8.59. The molecule has 140 valence electrons. The molecule has 2 rings (SSSR count). The second kappa shape index (κ2) is 7.21. The fourth-order valence-corrected chi connectivity index (χ4v) is 3.62. The minimum atomic E-state index is -1.02. The van der Waals surface area contributed by atoms with Crippen molar-refractivity contribution in [3.8, 4) is 0 Å². The van der Waals surface area contributed by atoms with Gasteiger partial charge >= 0.3 is 6.09 Å². The summed E-state index contributed by atoms with van der Waals surface area (Å²) in [5.74, 6) is -0.531. The van der Waals surface area contributed by atoms with Gasteiger partial charge in [0.05, 0.1) is 22.7 Å². The van der Waals surface area contributed by atoms with Crippen LogP contribution in [0.2, 0.25) is 0 Å². The lowest BCUT2D eigenvalue weighted by molar-refractivity contribution is 0.0178. The summed E-state index contributed by atoms with van der Waals surface area (Å²) in [7, 11) is 0. The number of halogens is 2. The summed E-state index contributed by atoms with van der Waals surface area (Å²) in [6, 6.07) is 4.44. The average molecular weight is 417 g/mol. The highest BCUT2D eigenvalue weighted by Gasteiger charge is 2.52. The smallest absolute Gasteiger partial charge is 0.410 e. The zero-order valence-electron chi connectivity index (χ0n) is 15.1. The normalized spacial score (nSPS) is 26.8. The number of hydrogen-bond donors (Lipinski definition) is 2. The van der Waals surface area contributed by atoms with Crippen molar-refractivity contribution < 1.29 is 19.0 Å². The van der Waals surface area contributed by atoms with Gasteiger partial charge in [-0.05, 0) is 60.7 Å². The van der Waals surface area contributed by atoms with Crippen LogP contribution in [0.5, 0.6) is 0 Å². The van der Waals surface area contributed by atoms with Gasteiger partial charge in [-0.15, -0.1) is 0 Å². The van der Waals surface area contributed by atoms with Crippen molar-refractivity contribution in [1.82, 2.24) is 4.90 Å². The van der Waals surface area contributed by atoms with Gasteiger partial charge in [0.1, 0.15) is 11.4 Å². The summed E-state index contributed by atoms with van der Waals surface area (Å²) in [5.41, 5.74) is 5.21. The molecule has 1 amide bonds. The number of ether oxygens (including phenoxy) is 1. The molecule has 0 aliphatic carbocycles. The van der Waals surface area contributed by atoms with Gasteiger partial charge in [0.15, 0.2) is 0 Å². The fourth-order valence-electron chi connectivity index (χ4n) is 3.21. The Balaban J connectivity index is 2.36. The SMILES string of the molecule is CC1CN(C(=O)OC(C)(C)C)C(Cc2cccc(Br)c2F)C1(N)CO. The lowest BCUT2D eigenvalue weighted by Gasteiger charge is -2.36. The predicted molar refractivity (Wildman–Crippen MR) is 97.7 cm³/mol. The summed E-state index contributed by atoms with van der Waals surface area (Å²) in [4.78, 5) is 14.1. The van der Waals surface area contributed by atoms with E-state index < -0.39 is 23.3 Å². The van der Waals surface area contributed by atoms with E-state index in [-0.39, 0.29) is 24.8 Å². The van der Waals surface area contributed by atoms with Crippen molar-refractivity contribution in [1.29, 1.82) is 0 Å². The number of carbonyl (C=O) groups is 1. The third-order valence-corrected chi connectivity index (χ3v) is 5.34. The number of amides is 1. The van der Waals surface area contributed by atoms with E-state index in [1.807, 2.05) is 6.92 Å². The fraction of sp³-hybridized carbons (Fsp3) is 0.611. The van der Waals surface area contributed by atoms with Gasteiger partial charge in [0.2, 0.25) is 0 Å². The molecule has 1 heterocycles. The molecule has 3 atom stereocenters. The van der Waals surface area contributed by atoms with Gasteiger partial charge in [-0.25, -0.2) is 9.18 Å². The van der Waals surface area contributed by atoms with Crippen LogP contribution in [0.1, 0.15) is 33.3 Å². The number of nitrogens with zero attached hydrogens (tertiary/aromatic N) is 1. The average Bonchev–Trinajstić information content (AvgIpc) is 2.75. The van der Waals surface area contributed by atoms with Gasteiger partial charge in [-0.1, -0.05) is 19.1 Å². The molecule has 1 aromatic carbocycles. The number of hydrogen-bond acceptors (Lipinski definition) is 4. The largest absolute Gasteiger partial charge is 0.444 e. The summed E-state index contributed by atoms with van der Waals surface area (Å²) < 4.78 is 20.3. The summed E-state index contributed by atoms with van der Waals surface area (Å²) >= 11 is 3.18. The summed E-state index contributed by atoms with van der Waals surface area (Å²) in [6.45, 7) is 7.30. The van der Waals surface area contributed by atoms with Crippen LogP contribution in [0.4, 0.5) is 9.18 Å². The van der Waals surface area contributed by atoms with E-state index in [0.717, 1.165) is 0 Å². The van der Waals surface area contributed by atoms with Gasteiger partial charge in [-0.2, -0.15) is 0 Å². The predicted octanol–water partition coefficient (Wildman–Crippen LogP) is 3.08. The van der Waals surface area contributed by atoms with Gasteiger partial charge in [0, 0.05) is 6.54 Å². The van der Waals surface area contributed by atoms with E-state index in [1.165, 1.54) is 4.90 Å². The first-order chi connectivity index (χ1) is 11.5. The standard InChI is InChI=1S/C18H26BrFN2O3/c1-11-9-22(16(24)25-17(2,3)4)14(18(11,21)10-23)8-12-6-5-7-13(19)15(12)20/h5-7,11,14,23H,8-10,21H2,1-4H3. The Morgan fingerprint density at radius 2 is 2.16 bits per heavy atom. The summed E-state index contributed by atoms with van der Waals surface area (Å²) in [6.07, 6.45) is -0.299. The highest BCUT2D eigenvalue weighted by atomic mass is 79.9. The molecule has 3 N–H and O–H groups in total. The number of likely N-dealkylation sites (tertiary alicyclic amines) is 1. The first-order valence-corrected chi connectivity index (χ1v) is 9.11. The molecule has 0 bridgehead atoms. The molecule has 0 spiro atoms. The maximum absolute atomic E-state index is 14.4. The Morgan fingerprint density at radius 3 is 2.72 bits per heavy atom. The van der Waals surface area contributed by atoms with Crippen LogP contribution in [0, 0.1) is 11.7 Å². The number of benzene rings is 1. The minimum absolute atomic E-state index is 0.148. The summed E-state index contributed by atoms with van der Waals surface area (Å²) in [5, 5.41) is 9.89. The van der Waals surface area contributed by atoms with Crippen LogP contribution in [-0.2, 0) is 11.2 Å². The number of aliphatic hydroxyl groups is 1. The Labute approximate surface area is 156 Å². The molecule has 1 aromatic rings. The molecule has 1 aliphatic heterocycles. The Kier molecular flexibility index (Phi) is 5.81. The van der Waals surface area contributed by atoms with Gasteiger partial charge in [0.25, 0.3) is 0 Å². The van der Waals surface area contributed by atoms with Crippen LogP contribution in [0.3, 0.4) is 0 Å². The molecular weight excluding hydrogens is 391 g/mol. The number of rotatable bonds is 3. The molecule has 1 aliphatic rings. The number of nitrogens with two attached hydrogens (primary N) is 1. The zero-order chi connectivity index (χ0) is 19.0. The topological polar surface area (TPSA) is 75.8 Å². The molecule has 0 aromatic heterocycles. The monoisotopic (exact) mass is 416 g/mol. The van der Waals surface area contributed by atoms with Crippen molar-refractivity contribution in [2.45, 2.75) is 51.3 Å². The maximum atomic E-state index is 14.4. The van der Waals surface area contributed by atoms with E-state index in [2.05, 4.69) is 15.9 Å². The van der Waals surface area contributed by atoms with Crippen molar-refractivity contribution >= 4 is 22.0 Å². The van der Waals surface area contributed by atoms with Crippen molar-refractivity contribution in [3.63, 3.8) is 0 Å². The van der Waals surface area contributed by atoms with Crippen molar-refractivity contribution in [2.75, 3.05) is 13.2 Å². The molecule has 1 fully saturated rings. The van der Waals surface area contributed by atoms with Crippen molar-refractivity contribution in [3.05, 3.63) is 34.1 Å². The van der Waals surface area contributed by atoms with Crippen LogP contribution in [0.15, 0.2) is 22.7 Å². The molecule has 25 heavy (non-hydrogen) atoms. The van der Waals surface area contributed by atoms with E-state index in [0.29, 0.717) is 16.6 Å². The van der Waals surface area contributed by atoms with Crippen LogP contribution < -0.4 is 5.73 Å². The van der Waals surface area contributed by atoms with Crippen LogP contribution in [0.25, 0.3) is 0 Å². The Hall–Kier alpha value is -1.18. The first-order valence-electron chi connectivity index (χ1n) is 8.32. The van der Waals surface area contributed by atoms with Gasteiger partial charge < -0.3 is 20.5 Å². The number of aliphatic hydroxyl groups excluding tert-OH is 1. The highest BCUT2D eigenvalue weighted by molar-refractivity contribution is 9.10. The molecule has 0 radical (unpaired) electrons. The second-order valence-electron chi connectivity index (χ2n) is 7.74. The lowest BCUT2D eigenvalue weighted by atomic mass is 9.81. The molecule has 7 heteroatoms. The van der Waals surface area contributed by atoms with E-state index in [9.17, 15) is 14.3 Å². The van der Waals surface area contributed by atoms with E-state index in [4.69, 9.17) is 10.5 Å². The molecule has 3 unspecified atom stereocenters. The van der Waals surface area contributed by atoms with E-state index in [1.54, 1.807) is 39.0 Å². The molecule has 5 nitrogen and oxygen atoms in total. The number of carbonyl (C=O) groups excluding carboxylic acids is 1. The minimum Gasteiger partial charge on any atom is -0.444 e. The third-order valence-electron chi connectivity index (χ3n) is 4.73. The van der Waals surface area contributed by atoms with E-state index >= 15 is 0 Å². The quantitative estimate of drug-likeness (QED) is 0.793. The Bertz CT molecular complexity index is 650. The zero-order valence-corrected chi connectivity index (χ0v) is 16.6. The van der Waals surface area contributed by atoms with Crippen LogP contribution in [-0.4, -0.2) is 46.4 Å². The first kappa shape index (κ1) is 20.1. The third kappa shape index (κ3) is 4.15. The maximum Gasteiger partial charge on any atom is 0.410 e. The van der Waals surface area contributed by atoms with Gasteiger partial charge in [-0.3, -0.25) is 0 Å².